The molecule has 0 amide bonds. The molecule has 2 atom stereocenters. The van der Waals surface area contributed by atoms with Crippen molar-refractivity contribution in [2.75, 3.05) is 0 Å². The molecule has 1 aromatic rings. The summed E-state index contributed by atoms with van der Waals surface area (Å²) in [7, 11) is 0. The lowest BCUT2D eigenvalue weighted by molar-refractivity contribution is -0.183. The molecule has 1 N–H and O–H groups in total. The van der Waals surface area contributed by atoms with Crippen LogP contribution in [0.2, 0.25) is 0 Å². The Morgan fingerprint density at radius 3 is 2.52 bits per heavy atom. The van der Waals surface area contributed by atoms with Crippen LogP contribution in [0.3, 0.4) is 0 Å². The summed E-state index contributed by atoms with van der Waals surface area (Å²) in [5.41, 5.74) is 2.64. The third kappa shape index (κ3) is 3.79. The van der Waals surface area contributed by atoms with Gasteiger partial charge in [-0.05, 0) is 49.1 Å². The van der Waals surface area contributed by atoms with Gasteiger partial charge in [0.1, 0.15) is 0 Å². The zero-order valence-corrected chi connectivity index (χ0v) is 12.1. The Bertz CT molecular complexity index is 479. The van der Waals surface area contributed by atoms with Gasteiger partial charge in [0.25, 0.3) is 0 Å². The van der Waals surface area contributed by atoms with Crippen molar-refractivity contribution in [3.8, 4) is 0 Å². The number of halogens is 3. The van der Waals surface area contributed by atoms with Gasteiger partial charge in [-0.2, -0.15) is 13.2 Å². The monoisotopic (exact) mass is 297 g/mol. The van der Waals surface area contributed by atoms with Gasteiger partial charge in [0.05, 0.1) is 5.92 Å². The molecule has 2 saturated carbocycles. The van der Waals surface area contributed by atoms with Crippen LogP contribution in [0.5, 0.6) is 0 Å². The van der Waals surface area contributed by atoms with E-state index in [0.717, 1.165) is 6.42 Å². The molecule has 2 fully saturated rings. The lowest BCUT2D eigenvalue weighted by atomic mass is 9.85. The predicted octanol–water partition coefficient (Wildman–Crippen LogP) is 4.77. The van der Waals surface area contributed by atoms with Crippen molar-refractivity contribution >= 4 is 0 Å². The Hall–Kier alpha value is -1.03. The Morgan fingerprint density at radius 1 is 1.05 bits per heavy atom. The fraction of sp³-hybridized carbons (Fsp3) is 0.647. The molecule has 2 aliphatic carbocycles. The summed E-state index contributed by atoms with van der Waals surface area (Å²) in [6.07, 6.45) is 0.513. The average Bonchev–Trinajstić information content (AvgIpc) is 3.29. The van der Waals surface area contributed by atoms with Crippen molar-refractivity contribution in [1.29, 1.82) is 0 Å². The number of nitrogens with one attached hydrogen (secondary N) is 1. The minimum atomic E-state index is -4.04. The standard InChI is InChI=1S/C17H22F3N/c18-17(19,20)14-5-3-6-15(10-14)21-11-13-4-1-2-7-16(13)12-8-9-12/h1-2,4,7,12,14-15,21H,3,5-6,8-11H2. The van der Waals surface area contributed by atoms with E-state index in [0.29, 0.717) is 25.3 Å². The molecule has 0 heterocycles. The lowest BCUT2D eigenvalue weighted by Crippen LogP contribution is -2.38. The normalized spacial score (nSPS) is 26.8. The van der Waals surface area contributed by atoms with E-state index in [2.05, 4.69) is 23.5 Å². The van der Waals surface area contributed by atoms with Crippen LogP contribution >= 0.6 is 0 Å². The van der Waals surface area contributed by atoms with Gasteiger partial charge < -0.3 is 5.32 Å². The van der Waals surface area contributed by atoms with E-state index in [9.17, 15) is 13.2 Å². The van der Waals surface area contributed by atoms with Crippen LogP contribution in [0.1, 0.15) is 55.6 Å². The van der Waals surface area contributed by atoms with Gasteiger partial charge in [0, 0.05) is 12.6 Å². The highest BCUT2D eigenvalue weighted by atomic mass is 19.4. The molecule has 2 unspecified atom stereocenters. The van der Waals surface area contributed by atoms with E-state index in [4.69, 9.17) is 0 Å². The van der Waals surface area contributed by atoms with Crippen LogP contribution in [0.4, 0.5) is 13.2 Å². The third-order valence-electron chi connectivity index (χ3n) is 4.79. The minimum absolute atomic E-state index is 0.00219. The number of alkyl halides is 3. The molecule has 0 aromatic heterocycles. The molecule has 3 rings (SSSR count). The lowest BCUT2D eigenvalue weighted by Gasteiger charge is -2.31. The number of hydrogen-bond donors (Lipinski definition) is 1. The molecule has 0 aliphatic heterocycles. The summed E-state index contributed by atoms with van der Waals surface area (Å²) in [5.74, 6) is -0.445. The third-order valence-corrected chi connectivity index (χ3v) is 4.79. The molecule has 21 heavy (non-hydrogen) atoms. The van der Waals surface area contributed by atoms with E-state index in [-0.39, 0.29) is 12.5 Å². The summed E-state index contributed by atoms with van der Waals surface area (Å²) < 4.78 is 38.5. The van der Waals surface area contributed by atoms with Crippen LogP contribution in [-0.4, -0.2) is 12.2 Å². The molecule has 0 spiro atoms. The number of rotatable bonds is 4. The molecule has 1 nitrogen and oxygen atoms in total. The smallest absolute Gasteiger partial charge is 0.310 e. The van der Waals surface area contributed by atoms with Gasteiger partial charge in [0.2, 0.25) is 0 Å². The second kappa shape index (κ2) is 5.99. The first-order chi connectivity index (χ1) is 10.0. The molecular weight excluding hydrogens is 275 g/mol. The molecule has 116 valence electrons. The van der Waals surface area contributed by atoms with Crippen LogP contribution in [-0.2, 0) is 6.54 Å². The Labute approximate surface area is 123 Å². The SMILES string of the molecule is FC(F)(F)C1CCCC(NCc2ccccc2C2CC2)C1. The summed E-state index contributed by atoms with van der Waals surface area (Å²) >= 11 is 0. The predicted molar refractivity (Wildman–Crippen MR) is 77.1 cm³/mol. The van der Waals surface area contributed by atoms with Crippen LogP contribution < -0.4 is 5.32 Å². The van der Waals surface area contributed by atoms with E-state index >= 15 is 0 Å². The first kappa shape index (κ1) is 14.9. The van der Waals surface area contributed by atoms with Crippen LogP contribution in [0.15, 0.2) is 24.3 Å². The molecule has 4 heteroatoms. The fourth-order valence-electron chi connectivity index (χ4n) is 3.41. The van der Waals surface area contributed by atoms with Gasteiger partial charge in [0.15, 0.2) is 0 Å². The second-order valence-corrected chi connectivity index (χ2v) is 6.46. The highest BCUT2D eigenvalue weighted by Gasteiger charge is 2.42. The zero-order chi connectivity index (χ0) is 14.9. The maximum atomic E-state index is 12.8. The number of hydrogen-bond acceptors (Lipinski definition) is 1. The highest BCUT2D eigenvalue weighted by molar-refractivity contribution is 5.33. The molecule has 0 saturated heterocycles. The van der Waals surface area contributed by atoms with Crippen LogP contribution in [0.25, 0.3) is 0 Å². The Kier molecular flexibility index (Phi) is 4.25. The van der Waals surface area contributed by atoms with E-state index < -0.39 is 12.1 Å². The maximum Gasteiger partial charge on any atom is 0.391 e. The van der Waals surface area contributed by atoms with Gasteiger partial charge in [-0.15, -0.1) is 0 Å². The molecule has 2 aliphatic rings. The number of benzene rings is 1. The van der Waals surface area contributed by atoms with Gasteiger partial charge in [-0.3, -0.25) is 0 Å². The first-order valence-electron chi connectivity index (χ1n) is 7.92. The summed E-state index contributed by atoms with van der Waals surface area (Å²) in [6.45, 7) is 0.696. The first-order valence-corrected chi connectivity index (χ1v) is 7.92. The van der Waals surface area contributed by atoms with Gasteiger partial charge in [-0.25, -0.2) is 0 Å². The summed E-state index contributed by atoms with van der Waals surface area (Å²) in [5, 5.41) is 3.36. The second-order valence-electron chi connectivity index (χ2n) is 6.46. The Balaban J connectivity index is 1.58. The molecule has 1 aromatic carbocycles. The highest BCUT2D eigenvalue weighted by Crippen LogP contribution is 2.42. The van der Waals surface area contributed by atoms with Crippen molar-refractivity contribution in [2.24, 2.45) is 5.92 Å². The van der Waals surface area contributed by atoms with Crippen LogP contribution in [0, 0.1) is 5.92 Å². The molecule has 0 radical (unpaired) electrons. The minimum Gasteiger partial charge on any atom is -0.310 e. The molecule has 0 bridgehead atoms. The fourth-order valence-corrected chi connectivity index (χ4v) is 3.41. The zero-order valence-electron chi connectivity index (χ0n) is 12.1. The van der Waals surface area contributed by atoms with Crippen molar-refractivity contribution in [2.45, 2.75) is 63.2 Å². The molecular formula is C17H22F3N. The summed E-state index contributed by atoms with van der Waals surface area (Å²) in [4.78, 5) is 0. The quantitative estimate of drug-likeness (QED) is 0.843. The average molecular weight is 297 g/mol. The van der Waals surface area contributed by atoms with E-state index in [1.54, 1.807) is 0 Å². The maximum absolute atomic E-state index is 12.8. The summed E-state index contributed by atoms with van der Waals surface area (Å²) in [6, 6.07) is 8.33. The van der Waals surface area contributed by atoms with Crippen molar-refractivity contribution < 1.29 is 13.2 Å². The van der Waals surface area contributed by atoms with Crippen molar-refractivity contribution in [3.63, 3.8) is 0 Å². The Morgan fingerprint density at radius 2 is 1.81 bits per heavy atom. The van der Waals surface area contributed by atoms with Crippen molar-refractivity contribution in [3.05, 3.63) is 35.4 Å². The van der Waals surface area contributed by atoms with Gasteiger partial charge in [-0.1, -0.05) is 30.7 Å². The van der Waals surface area contributed by atoms with Gasteiger partial charge >= 0.3 is 6.18 Å². The van der Waals surface area contributed by atoms with Crippen molar-refractivity contribution in [1.82, 2.24) is 5.32 Å². The van der Waals surface area contributed by atoms with E-state index in [1.807, 2.05) is 6.07 Å². The topological polar surface area (TPSA) is 12.0 Å². The largest absolute Gasteiger partial charge is 0.391 e. The van der Waals surface area contributed by atoms with E-state index in [1.165, 1.54) is 24.0 Å².